The quantitative estimate of drug-likeness (QED) is 0.131. The monoisotopic (exact) mass is 476 g/mol. The Morgan fingerprint density at radius 2 is 1.19 bits per heavy atom. The van der Waals surface area contributed by atoms with Gasteiger partial charge >= 0.3 is 0 Å². The Labute approximate surface area is 182 Å². The van der Waals surface area contributed by atoms with E-state index >= 15 is 0 Å². The van der Waals surface area contributed by atoms with Crippen molar-refractivity contribution in [1.29, 1.82) is 0 Å². The summed E-state index contributed by atoms with van der Waals surface area (Å²) in [5, 5.41) is 0. The van der Waals surface area contributed by atoms with Crippen molar-refractivity contribution in [1.82, 2.24) is 0 Å². The van der Waals surface area contributed by atoms with Gasteiger partial charge in [0.15, 0.2) is 5.96 Å². The maximum Gasteiger partial charge on any atom is 0.294 e. The van der Waals surface area contributed by atoms with Gasteiger partial charge < -0.3 is 16.3 Å². The number of benzene rings is 2. The normalized spacial score (nSPS) is 10.7. The smallest absolute Gasteiger partial charge is 0.294 e. The van der Waals surface area contributed by atoms with Crippen LogP contribution in [0.2, 0.25) is 0 Å². The molecule has 2 aromatic rings. The standard InChI is InChI=1S/2C7H8O3S.C4H12N4O/c2*1-6-2-4-7(5-3-6)11(8,9)10;5-4(6)8-2-1-3-9-7/h2*2-5H,1H3,(H,8,9,10);1-3,7H2,(H4,5,6,8). The number of hydrogen-bond acceptors (Lipinski definition) is 7. The highest BCUT2D eigenvalue weighted by molar-refractivity contribution is 7.86. The zero-order chi connectivity index (χ0) is 24.1. The lowest BCUT2D eigenvalue weighted by Gasteiger charge is -1.95. The zero-order valence-corrected chi connectivity index (χ0v) is 18.8. The number of rotatable bonds is 6. The summed E-state index contributed by atoms with van der Waals surface area (Å²) < 4.78 is 59.1. The van der Waals surface area contributed by atoms with Gasteiger partial charge in [-0.25, -0.2) is 5.90 Å². The van der Waals surface area contributed by atoms with E-state index in [0.717, 1.165) is 17.5 Å². The fourth-order valence-corrected chi connectivity index (χ4v) is 2.74. The number of hydrogen-bond donors (Lipinski definition) is 5. The van der Waals surface area contributed by atoms with Crippen LogP contribution in [0.5, 0.6) is 0 Å². The first-order valence-electron chi connectivity index (χ1n) is 8.72. The molecule has 0 atom stereocenters. The molecular formula is C18H28N4O7S2. The summed E-state index contributed by atoms with van der Waals surface area (Å²) in [5.41, 5.74) is 12.0. The number of aliphatic imine (C=N–C) groups is 1. The third-order valence-electron chi connectivity index (χ3n) is 3.35. The maximum atomic E-state index is 10.5. The second kappa shape index (κ2) is 13.7. The molecule has 0 amide bonds. The van der Waals surface area contributed by atoms with Crippen LogP contribution in [0.1, 0.15) is 17.5 Å². The predicted molar refractivity (Wildman–Crippen MR) is 117 cm³/mol. The molecule has 0 aliphatic rings. The molecule has 0 unspecified atom stereocenters. The third kappa shape index (κ3) is 14.1. The number of nitrogens with zero attached hydrogens (tertiary/aromatic N) is 1. The van der Waals surface area contributed by atoms with E-state index in [-0.39, 0.29) is 15.8 Å². The first kappa shape index (κ1) is 28.5. The topological polar surface area (TPSA) is 208 Å². The largest absolute Gasteiger partial charge is 0.370 e. The molecule has 0 aliphatic carbocycles. The van der Waals surface area contributed by atoms with Gasteiger partial charge in [-0.3, -0.25) is 14.1 Å². The van der Waals surface area contributed by atoms with Crippen molar-refractivity contribution in [2.45, 2.75) is 30.1 Å². The average Bonchev–Trinajstić information content (AvgIpc) is 2.65. The molecule has 0 bridgehead atoms. The summed E-state index contributed by atoms with van der Waals surface area (Å²) in [5.74, 6) is 4.84. The molecule has 0 aromatic heterocycles. The van der Waals surface area contributed by atoms with E-state index in [1.54, 1.807) is 24.3 Å². The maximum absolute atomic E-state index is 10.5. The van der Waals surface area contributed by atoms with Crippen molar-refractivity contribution >= 4 is 26.2 Å². The predicted octanol–water partition coefficient (Wildman–Crippen LogP) is 1.02. The van der Waals surface area contributed by atoms with Gasteiger partial charge in [-0.15, -0.1) is 0 Å². The highest BCUT2D eigenvalue weighted by Crippen LogP contribution is 2.09. The van der Waals surface area contributed by atoms with E-state index in [2.05, 4.69) is 9.83 Å². The molecule has 0 fully saturated rings. The third-order valence-corrected chi connectivity index (χ3v) is 5.09. The number of nitrogens with two attached hydrogens (primary N) is 3. The van der Waals surface area contributed by atoms with Crippen LogP contribution in [0.25, 0.3) is 0 Å². The Morgan fingerprint density at radius 3 is 1.45 bits per heavy atom. The first-order chi connectivity index (χ1) is 14.3. The van der Waals surface area contributed by atoms with Gasteiger partial charge in [0.2, 0.25) is 0 Å². The van der Waals surface area contributed by atoms with Gasteiger partial charge in [0, 0.05) is 6.54 Å². The summed E-state index contributed by atoms with van der Waals surface area (Å²) in [6.45, 7) is 4.73. The van der Waals surface area contributed by atoms with Gasteiger partial charge in [0.05, 0.1) is 16.4 Å². The van der Waals surface area contributed by atoms with Gasteiger partial charge in [-0.1, -0.05) is 35.4 Å². The molecule has 0 aliphatic heterocycles. The second-order valence-corrected chi connectivity index (χ2v) is 8.95. The molecule has 31 heavy (non-hydrogen) atoms. The van der Waals surface area contributed by atoms with Gasteiger partial charge in [-0.05, 0) is 44.5 Å². The number of aryl methyl sites for hydroxylation is 2. The molecule has 11 nitrogen and oxygen atoms in total. The van der Waals surface area contributed by atoms with E-state index in [0.29, 0.717) is 13.2 Å². The summed E-state index contributed by atoms with van der Waals surface area (Å²) >= 11 is 0. The van der Waals surface area contributed by atoms with Crippen LogP contribution in [0.15, 0.2) is 63.3 Å². The minimum absolute atomic E-state index is 0.0666. The first-order valence-corrected chi connectivity index (χ1v) is 11.6. The highest BCUT2D eigenvalue weighted by atomic mass is 32.2. The van der Waals surface area contributed by atoms with E-state index < -0.39 is 20.2 Å². The molecule has 0 spiro atoms. The Hall–Kier alpha value is -2.55. The van der Waals surface area contributed by atoms with Crippen LogP contribution < -0.4 is 17.4 Å². The van der Waals surface area contributed by atoms with Crippen molar-refractivity contribution < 1.29 is 30.8 Å². The Kier molecular flexibility index (Phi) is 12.6. The Balaban J connectivity index is 0.000000439. The molecule has 2 aromatic carbocycles. The van der Waals surface area contributed by atoms with E-state index in [4.69, 9.17) is 26.5 Å². The molecule has 0 saturated carbocycles. The molecule has 174 valence electrons. The fourth-order valence-electron chi connectivity index (χ4n) is 1.78. The van der Waals surface area contributed by atoms with E-state index in [1.807, 2.05) is 13.8 Å². The van der Waals surface area contributed by atoms with Crippen LogP contribution in [-0.4, -0.2) is 45.1 Å². The molecule has 0 heterocycles. The van der Waals surface area contributed by atoms with E-state index in [1.165, 1.54) is 24.3 Å². The van der Waals surface area contributed by atoms with Crippen molar-refractivity contribution in [3.63, 3.8) is 0 Å². The average molecular weight is 477 g/mol. The van der Waals surface area contributed by atoms with Gasteiger partial charge in [0.1, 0.15) is 0 Å². The van der Waals surface area contributed by atoms with Crippen molar-refractivity contribution in [2.75, 3.05) is 13.2 Å². The molecule has 2 rings (SSSR count). The van der Waals surface area contributed by atoms with Crippen molar-refractivity contribution in [3.05, 3.63) is 59.7 Å². The second-order valence-electron chi connectivity index (χ2n) is 6.11. The SMILES string of the molecule is Cc1ccc(S(=O)(=O)O)cc1.Cc1ccc(S(=O)(=O)O)cc1.NOCCCN=C(N)N. The van der Waals surface area contributed by atoms with Crippen LogP contribution in [0.4, 0.5) is 0 Å². The summed E-state index contributed by atoms with van der Waals surface area (Å²) in [6, 6.07) is 12.0. The van der Waals surface area contributed by atoms with Crippen LogP contribution in [0.3, 0.4) is 0 Å². The van der Waals surface area contributed by atoms with Gasteiger partial charge in [-0.2, -0.15) is 16.8 Å². The van der Waals surface area contributed by atoms with Crippen LogP contribution >= 0.6 is 0 Å². The lowest BCUT2D eigenvalue weighted by molar-refractivity contribution is 0.137. The number of guanidine groups is 1. The fraction of sp³-hybridized carbons (Fsp3) is 0.278. The Morgan fingerprint density at radius 1 is 0.839 bits per heavy atom. The molecule has 0 saturated heterocycles. The minimum atomic E-state index is -4.02. The van der Waals surface area contributed by atoms with Gasteiger partial charge in [0.25, 0.3) is 20.2 Å². The highest BCUT2D eigenvalue weighted by Gasteiger charge is 2.07. The van der Waals surface area contributed by atoms with Crippen molar-refractivity contribution in [2.24, 2.45) is 22.4 Å². The minimum Gasteiger partial charge on any atom is -0.370 e. The Bertz CT molecular complexity index is 944. The molecular weight excluding hydrogens is 448 g/mol. The lowest BCUT2D eigenvalue weighted by atomic mass is 10.2. The summed E-state index contributed by atoms with van der Waals surface area (Å²) in [4.78, 5) is 7.84. The zero-order valence-electron chi connectivity index (χ0n) is 17.2. The van der Waals surface area contributed by atoms with Crippen LogP contribution in [0, 0.1) is 13.8 Å². The lowest BCUT2D eigenvalue weighted by Crippen LogP contribution is -2.23. The van der Waals surface area contributed by atoms with E-state index in [9.17, 15) is 16.8 Å². The van der Waals surface area contributed by atoms with Crippen LogP contribution in [-0.2, 0) is 25.1 Å². The summed E-state index contributed by atoms with van der Waals surface area (Å²) in [6.07, 6.45) is 0.744. The molecule has 0 radical (unpaired) electrons. The molecule has 8 N–H and O–H groups in total. The van der Waals surface area contributed by atoms with Crippen molar-refractivity contribution in [3.8, 4) is 0 Å². The molecule has 13 heteroatoms. The summed E-state index contributed by atoms with van der Waals surface area (Å²) in [7, 11) is -8.04.